The second-order valence-electron chi connectivity index (χ2n) is 6.27. The summed E-state index contributed by atoms with van der Waals surface area (Å²) in [6, 6.07) is 17.1. The SMILES string of the molecule is CCN(C(=O)NC1CC(=O)N(c2ccc(C)cc2)C1)c1ccccc1. The normalized spacial score (nSPS) is 16.8. The van der Waals surface area contributed by atoms with Crippen molar-refractivity contribution in [2.45, 2.75) is 26.3 Å². The molecule has 5 heteroatoms. The quantitative estimate of drug-likeness (QED) is 0.930. The van der Waals surface area contributed by atoms with Gasteiger partial charge in [-0.2, -0.15) is 0 Å². The molecule has 0 saturated carbocycles. The first-order valence-electron chi connectivity index (χ1n) is 8.58. The van der Waals surface area contributed by atoms with E-state index in [0.29, 0.717) is 19.5 Å². The molecule has 2 aromatic carbocycles. The first-order chi connectivity index (χ1) is 12.1. The summed E-state index contributed by atoms with van der Waals surface area (Å²) in [5, 5.41) is 2.99. The number of nitrogens with zero attached hydrogens (tertiary/aromatic N) is 2. The Hall–Kier alpha value is -2.82. The number of aryl methyl sites for hydroxylation is 1. The number of amides is 3. The van der Waals surface area contributed by atoms with Gasteiger partial charge in [-0.1, -0.05) is 35.9 Å². The summed E-state index contributed by atoms with van der Waals surface area (Å²) in [6.45, 7) is 5.02. The Balaban J connectivity index is 1.66. The minimum absolute atomic E-state index is 0.0388. The van der Waals surface area contributed by atoms with Crippen LogP contribution in [-0.4, -0.2) is 31.1 Å². The lowest BCUT2D eigenvalue weighted by Gasteiger charge is -2.24. The average molecular weight is 337 g/mol. The van der Waals surface area contributed by atoms with Crippen LogP contribution in [0.3, 0.4) is 0 Å². The van der Waals surface area contributed by atoms with Gasteiger partial charge < -0.3 is 10.2 Å². The van der Waals surface area contributed by atoms with Gasteiger partial charge in [-0.15, -0.1) is 0 Å². The fraction of sp³-hybridized carbons (Fsp3) is 0.300. The predicted molar refractivity (Wildman–Crippen MR) is 99.9 cm³/mol. The number of urea groups is 1. The van der Waals surface area contributed by atoms with Gasteiger partial charge in [0.15, 0.2) is 0 Å². The summed E-state index contributed by atoms with van der Waals surface area (Å²) in [6.07, 6.45) is 0.325. The van der Waals surface area contributed by atoms with Gasteiger partial charge in [0.2, 0.25) is 5.91 Å². The molecule has 1 atom stereocenters. The van der Waals surface area contributed by atoms with Gasteiger partial charge in [0.25, 0.3) is 0 Å². The number of hydrogen-bond acceptors (Lipinski definition) is 2. The summed E-state index contributed by atoms with van der Waals surface area (Å²) in [5.41, 5.74) is 2.88. The predicted octanol–water partition coefficient (Wildman–Crippen LogP) is 3.34. The van der Waals surface area contributed by atoms with Crippen LogP contribution in [0.25, 0.3) is 0 Å². The van der Waals surface area contributed by atoms with E-state index in [-0.39, 0.29) is 18.0 Å². The molecule has 25 heavy (non-hydrogen) atoms. The maximum Gasteiger partial charge on any atom is 0.322 e. The van der Waals surface area contributed by atoms with Gasteiger partial charge in [0, 0.05) is 30.9 Å². The zero-order valence-corrected chi connectivity index (χ0v) is 14.6. The Labute approximate surface area is 148 Å². The van der Waals surface area contributed by atoms with E-state index in [1.165, 1.54) is 0 Å². The summed E-state index contributed by atoms with van der Waals surface area (Å²) in [7, 11) is 0. The van der Waals surface area contributed by atoms with Crippen molar-refractivity contribution in [2.24, 2.45) is 0 Å². The molecule has 1 saturated heterocycles. The highest BCUT2D eigenvalue weighted by Crippen LogP contribution is 2.22. The molecule has 3 amide bonds. The van der Waals surface area contributed by atoms with Crippen LogP contribution in [-0.2, 0) is 4.79 Å². The minimum atomic E-state index is -0.181. The van der Waals surface area contributed by atoms with Crippen molar-refractivity contribution in [1.82, 2.24) is 5.32 Å². The Kier molecular flexibility index (Phi) is 5.03. The number of carbonyl (C=O) groups excluding carboxylic acids is 2. The summed E-state index contributed by atoms with van der Waals surface area (Å²) in [4.78, 5) is 28.4. The molecular formula is C20H23N3O2. The number of nitrogens with one attached hydrogen (secondary N) is 1. The number of anilines is 2. The largest absolute Gasteiger partial charge is 0.333 e. The van der Waals surface area contributed by atoms with Crippen molar-refractivity contribution in [2.75, 3.05) is 22.9 Å². The van der Waals surface area contributed by atoms with E-state index in [1.807, 2.05) is 68.4 Å². The molecule has 1 heterocycles. The van der Waals surface area contributed by atoms with E-state index >= 15 is 0 Å². The molecule has 0 radical (unpaired) electrons. The van der Waals surface area contributed by atoms with Crippen molar-refractivity contribution in [3.8, 4) is 0 Å². The second kappa shape index (κ2) is 7.38. The molecule has 2 aromatic rings. The molecule has 1 unspecified atom stereocenters. The Morgan fingerprint density at radius 1 is 1.16 bits per heavy atom. The van der Waals surface area contributed by atoms with Crippen molar-refractivity contribution in [3.05, 3.63) is 60.2 Å². The maximum absolute atomic E-state index is 12.6. The lowest BCUT2D eigenvalue weighted by molar-refractivity contribution is -0.117. The van der Waals surface area contributed by atoms with Crippen molar-refractivity contribution >= 4 is 23.3 Å². The van der Waals surface area contributed by atoms with Crippen LogP contribution in [0.15, 0.2) is 54.6 Å². The third-order valence-electron chi connectivity index (χ3n) is 4.43. The topological polar surface area (TPSA) is 52.7 Å². The smallest absolute Gasteiger partial charge is 0.322 e. The van der Waals surface area contributed by atoms with Crippen molar-refractivity contribution in [1.29, 1.82) is 0 Å². The van der Waals surface area contributed by atoms with Crippen LogP contribution in [0.2, 0.25) is 0 Å². The molecule has 5 nitrogen and oxygen atoms in total. The molecule has 1 aliphatic heterocycles. The van der Waals surface area contributed by atoms with E-state index in [9.17, 15) is 9.59 Å². The third-order valence-corrected chi connectivity index (χ3v) is 4.43. The molecule has 0 spiro atoms. The van der Waals surface area contributed by atoms with Gasteiger partial charge in [-0.3, -0.25) is 9.69 Å². The Morgan fingerprint density at radius 3 is 2.48 bits per heavy atom. The van der Waals surface area contributed by atoms with Crippen LogP contribution in [0.1, 0.15) is 18.9 Å². The fourth-order valence-corrected chi connectivity index (χ4v) is 3.08. The number of hydrogen-bond donors (Lipinski definition) is 1. The van der Waals surface area contributed by atoms with Crippen LogP contribution < -0.4 is 15.1 Å². The van der Waals surface area contributed by atoms with Gasteiger partial charge in [0.05, 0.1) is 6.04 Å². The molecule has 0 aromatic heterocycles. The summed E-state index contributed by atoms with van der Waals surface area (Å²) >= 11 is 0. The van der Waals surface area contributed by atoms with Gasteiger partial charge in [-0.25, -0.2) is 4.79 Å². The standard InChI is InChI=1S/C20H23N3O2/c1-3-22(17-7-5-4-6-8-17)20(25)21-16-13-19(24)23(14-16)18-11-9-15(2)10-12-18/h4-12,16H,3,13-14H2,1-2H3,(H,21,25). The van der Waals surface area contributed by atoms with E-state index in [4.69, 9.17) is 0 Å². The molecule has 0 bridgehead atoms. The third kappa shape index (κ3) is 3.82. The van der Waals surface area contributed by atoms with Crippen molar-refractivity contribution < 1.29 is 9.59 Å². The van der Waals surface area contributed by atoms with Gasteiger partial charge in [-0.05, 0) is 38.1 Å². The summed E-state index contributed by atoms with van der Waals surface area (Å²) in [5.74, 6) is 0.0388. The Morgan fingerprint density at radius 2 is 1.84 bits per heavy atom. The highest BCUT2D eigenvalue weighted by molar-refractivity contribution is 5.98. The second-order valence-corrected chi connectivity index (χ2v) is 6.27. The van der Waals surface area contributed by atoms with E-state index in [2.05, 4.69) is 5.32 Å². The monoisotopic (exact) mass is 337 g/mol. The lowest BCUT2D eigenvalue weighted by Crippen LogP contribution is -2.46. The molecule has 1 aliphatic rings. The lowest BCUT2D eigenvalue weighted by atomic mass is 10.2. The number of carbonyl (C=O) groups is 2. The molecule has 1 fully saturated rings. The van der Waals surface area contributed by atoms with Gasteiger partial charge >= 0.3 is 6.03 Å². The molecule has 130 valence electrons. The molecule has 3 rings (SSSR count). The fourth-order valence-electron chi connectivity index (χ4n) is 3.08. The summed E-state index contributed by atoms with van der Waals surface area (Å²) < 4.78 is 0. The molecule has 1 N–H and O–H groups in total. The zero-order valence-electron chi connectivity index (χ0n) is 14.6. The van der Waals surface area contributed by atoms with Crippen molar-refractivity contribution in [3.63, 3.8) is 0 Å². The highest BCUT2D eigenvalue weighted by atomic mass is 16.2. The van der Waals surface area contributed by atoms with Crippen LogP contribution >= 0.6 is 0 Å². The molecule has 0 aliphatic carbocycles. The van der Waals surface area contributed by atoms with Crippen LogP contribution in [0.4, 0.5) is 16.2 Å². The van der Waals surface area contributed by atoms with Gasteiger partial charge in [0.1, 0.15) is 0 Å². The average Bonchev–Trinajstić information content (AvgIpc) is 2.97. The van der Waals surface area contributed by atoms with Crippen LogP contribution in [0.5, 0.6) is 0 Å². The highest BCUT2D eigenvalue weighted by Gasteiger charge is 2.32. The first kappa shape index (κ1) is 17.0. The number of para-hydroxylation sites is 1. The zero-order chi connectivity index (χ0) is 17.8. The Bertz CT molecular complexity index is 743. The number of rotatable bonds is 4. The number of benzene rings is 2. The van der Waals surface area contributed by atoms with Crippen LogP contribution in [0, 0.1) is 6.92 Å². The molecular weight excluding hydrogens is 314 g/mol. The van der Waals surface area contributed by atoms with E-state index in [1.54, 1.807) is 9.80 Å². The van der Waals surface area contributed by atoms with E-state index in [0.717, 1.165) is 16.9 Å². The minimum Gasteiger partial charge on any atom is -0.333 e. The maximum atomic E-state index is 12.6. The van der Waals surface area contributed by atoms with E-state index < -0.39 is 0 Å². The first-order valence-corrected chi connectivity index (χ1v) is 8.58.